The molecule has 0 saturated heterocycles. The van der Waals surface area contributed by atoms with Crippen LogP contribution in [0.2, 0.25) is 0 Å². The van der Waals surface area contributed by atoms with Crippen molar-refractivity contribution in [3.8, 4) is 0 Å². The van der Waals surface area contributed by atoms with E-state index in [0.717, 1.165) is 15.6 Å². The van der Waals surface area contributed by atoms with E-state index in [0.29, 0.717) is 30.9 Å². The van der Waals surface area contributed by atoms with Crippen LogP contribution in [0.4, 0.5) is 0 Å². The molecule has 0 fully saturated rings. The Morgan fingerprint density at radius 1 is 1.35 bits per heavy atom. The smallest absolute Gasteiger partial charge is 0.323 e. The SMILES string of the molecule is COC(=O)C1Cc2ccc(Br)cc2CN1Cc1cc(=O)n2[nH]ccc2n1. The second-order valence-electron chi connectivity index (χ2n) is 6.30. The highest BCUT2D eigenvalue weighted by atomic mass is 79.9. The van der Waals surface area contributed by atoms with Crippen molar-refractivity contribution in [2.45, 2.75) is 25.6 Å². The van der Waals surface area contributed by atoms with Crippen LogP contribution in [0.25, 0.3) is 5.65 Å². The molecule has 7 nitrogen and oxygen atoms in total. The molecular formula is C18H17BrN4O3. The second kappa shape index (κ2) is 6.69. The highest BCUT2D eigenvalue weighted by Gasteiger charge is 2.32. The van der Waals surface area contributed by atoms with Crippen LogP contribution in [-0.4, -0.2) is 38.6 Å². The van der Waals surface area contributed by atoms with Crippen molar-refractivity contribution in [3.05, 3.63) is 68.2 Å². The van der Waals surface area contributed by atoms with E-state index in [4.69, 9.17) is 4.74 Å². The highest BCUT2D eigenvalue weighted by Crippen LogP contribution is 2.27. The maximum absolute atomic E-state index is 12.3. The van der Waals surface area contributed by atoms with Crippen molar-refractivity contribution < 1.29 is 9.53 Å². The first-order valence-electron chi connectivity index (χ1n) is 8.20. The number of esters is 1. The molecule has 26 heavy (non-hydrogen) atoms. The third-order valence-electron chi connectivity index (χ3n) is 4.67. The number of halogens is 1. The largest absolute Gasteiger partial charge is 0.468 e. The molecule has 134 valence electrons. The minimum absolute atomic E-state index is 0.176. The number of carbonyl (C=O) groups is 1. The van der Waals surface area contributed by atoms with Crippen molar-refractivity contribution in [1.29, 1.82) is 0 Å². The van der Waals surface area contributed by atoms with Gasteiger partial charge in [-0.15, -0.1) is 0 Å². The molecule has 0 bridgehead atoms. The average molecular weight is 417 g/mol. The summed E-state index contributed by atoms with van der Waals surface area (Å²) < 4.78 is 7.37. The Morgan fingerprint density at radius 3 is 3.00 bits per heavy atom. The van der Waals surface area contributed by atoms with E-state index in [1.807, 2.05) is 17.0 Å². The summed E-state index contributed by atoms with van der Waals surface area (Å²) in [5, 5.41) is 2.82. The topological polar surface area (TPSA) is 79.7 Å². The van der Waals surface area contributed by atoms with E-state index < -0.39 is 6.04 Å². The molecule has 1 unspecified atom stereocenters. The maximum atomic E-state index is 12.3. The summed E-state index contributed by atoms with van der Waals surface area (Å²) in [5.74, 6) is -0.280. The number of fused-ring (bicyclic) bond motifs is 2. The minimum atomic E-state index is -0.403. The van der Waals surface area contributed by atoms with Crippen molar-refractivity contribution >= 4 is 27.5 Å². The van der Waals surface area contributed by atoms with Crippen molar-refractivity contribution in [2.75, 3.05) is 7.11 Å². The van der Waals surface area contributed by atoms with Crippen molar-refractivity contribution in [3.63, 3.8) is 0 Å². The number of hydrogen-bond acceptors (Lipinski definition) is 5. The molecule has 4 rings (SSSR count). The first kappa shape index (κ1) is 17.0. The summed E-state index contributed by atoms with van der Waals surface area (Å²) >= 11 is 3.50. The van der Waals surface area contributed by atoms with Crippen LogP contribution in [-0.2, 0) is 29.0 Å². The Labute approximate surface area is 157 Å². The van der Waals surface area contributed by atoms with Gasteiger partial charge in [-0.1, -0.05) is 22.0 Å². The van der Waals surface area contributed by atoms with Gasteiger partial charge in [-0.25, -0.2) is 9.50 Å². The Morgan fingerprint density at radius 2 is 2.19 bits per heavy atom. The minimum Gasteiger partial charge on any atom is -0.468 e. The number of rotatable bonds is 3. The summed E-state index contributed by atoms with van der Waals surface area (Å²) in [6.07, 6.45) is 2.24. The third kappa shape index (κ3) is 3.06. The van der Waals surface area contributed by atoms with Gasteiger partial charge in [0.1, 0.15) is 6.04 Å². The van der Waals surface area contributed by atoms with Crippen LogP contribution in [0, 0.1) is 0 Å². The Kier molecular flexibility index (Phi) is 4.37. The Bertz CT molecular complexity index is 1040. The van der Waals surface area contributed by atoms with Gasteiger partial charge in [0, 0.05) is 35.9 Å². The predicted molar refractivity (Wildman–Crippen MR) is 98.7 cm³/mol. The van der Waals surface area contributed by atoms with Crippen LogP contribution in [0.1, 0.15) is 16.8 Å². The van der Waals surface area contributed by atoms with Gasteiger partial charge in [0.15, 0.2) is 5.65 Å². The van der Waals surface area contributed by atoms with E-state index in [1.165, 1.54) is 17.7 Å². The normalized spacial score (nSPS) is 17.2. The summed E-state index contributed by atoms with van der Waals surface area (Å²) in [5.41, 5.74) is 3.29. The lowest BCUT2D eigenvalue weighted by Crippen LogP contribution is -2.45. The van der Waals surface area contributed by atoms with Gasteiger partial charge >= 0.3 is 5.97 Å². The van der Waals surface area contributed by atoms with E-state index in [9.17, 15) is 9.59 Å². The molecule has 0 saturated carbocycles. The van der Waals surface area contributed by atoms with E-state index in [1.54, 1.807) is 12.3 Å². The van der Waals surface area contributed by atoms with Crippen LogP contribution < -0.4 is 5.56 Å². The number of hydrogen-bond donors (Lipinski definition) is 1. The molecule has 0 spiro atoms. The van der Waals surface area contributed by atoms with Crippen molar-refractivity contribution in [1.82, 2.24) is 19.5 Å². The Balaban J connectivity index is 1.69. The van der Waals surface area contributed by atoms with Crippen LogP contribution >= 0.6 is 15.9 Å². The zero-order chi connectivity index (χ0) is 18.3. The number of aromatic amines is 1. The molecule has 0 aliphatic carbocycles. The number of ether oxygens (including phenoxy) is 1. The number of carbonyl (C=O) groups excluding carboxylic acids is 1. The predicted octanol–water partition coefficient (Wildman–Crippen LogP) is 1.89. The molecule has 8 heteroatoms. The number of benzene rings is 1. The van der Waals surface area contributed by atoms with Crippen LogP contribution in [0.3, 0.4) is 0 Å². The first-order valence-corrected chi connectivity index (χ1v) is 8.99. The molecule has 3 aromatic rings. The van der Waals surface area contributed by atoms with Crippen LogP contribution in [0.15, 0.2) is 45.8 Å². The third-order valence-corrected chi connectivity index (χ3v) is 5.16. The monoisotopic (exact) mass is 416 g/mol. The van der Waals surface area contributed by atoms with Gasteiger partial charge in [-0.2, -0.15) is 0 Å². The van der Waals surface area contributed by atoms with Gasteiger partial charge in [-0.05, 0) is 29.7 Å². The zero-order valence-corrected chi connectivity index (χ0v) is 15.7. The molecule has 1 aromatic carbocycles. The van der Waals surface area contributed by atoms with Crippen molar-refractivity contribution in [2.24, 2.45) is 0 Å². The maximum Gasteiger partial charge on any atom is 0.323 e. The molecule has 0 radical (unpaired) electrons. The number of aromatic nitrogens is 3. The van der Waals surface area contributed by atoms with E-state index in [-0.39, 0.29) is 11.5 Å². The summed E-state index contributed by atoms with van der Waals surface area (Å²) in [6.45, 7) is 0.978. The number of methoxy groups -OCH3 is 1. The molecule has 1 atom stereocenters. The molecule has 1 aliphatic heterocycles. The fourth-order valence-corrected chi connectivity index (χ4v) is 3.82. The van der Waals surface area contributed by atoms with Gasteiger partial charge in [0.25, 0.3) is 5.56 Å². The molecule has 2 aromatic heterocycles. The molecule has 3 heterocycles. The van der Waals surface area contributed by atoms with E-state index >= 15 is 0 Å². The average Bonchev–Trinajstić information content (AvgIpc) is 3.09. The first-order chi connectivity index (χ1) is 12.5. The number of nitrogens with zero attached hydrogens (tertiary/aromatic N) is 3. The van der Waals surface area contributed by atoms with Gasteiger partial charge in [0.05, 0.1) is 12.8 Å². The summed E-state index contributed by atoms with van der Waals surface area (Å²) in [6, 6.07) is 8.90. The molecular weight excluding hydrogens is 400 g/mol. The lowest BCUT2D eigenvalue weighted by Gasteiger charge is -2.35. The highest BCUT2D eigenvalue weighted by molar-refractivity contribution is 9.10. The Hall–Kier alpha value is -2.45. The van der Waals surface area contributed by atoms with E-state index in [2.05, 4.69) is 32.1 Å². The zero-order valence-electron chi connectivity index (χ0n) is 14.1. The number of nitrogens with one attached hydrogen (secondary N) is 1. The van der Waals surface area contributed by atoms with Gasteiger partial charge in [0.2, 0.25) is 0 Å². The van der Waals surface area contributed by atoms with Gasteiger partial charge in [-0.3, -0.25) is 19.6 Å². The van der Waals surface area contributed by atoms with Gasteiger partial charge < -0.3 is 4.74 Å². The molecule has 1 aliphatic rings. The van der Waals surface area contributed by atoms with Crippen LogP contribution in [0.5, 0.6) is 0 Å². The molecule has 0 amide bonds. The number of H-pyrrole nitrogens is 1. The molecule has 1 N–H and O–H groups in total. The lowest BCUT2D eigenvalue weighted by molar-refractivity contribution is -0.148. The summed E-state index contributed by atoms with van der Waals surface area (Å²) in [7, 11) is 1.40. The quantitative estimate of drug-likeness (QED) is 0.659. The fourth-order valence-electron chi connectivity index (χ4n) is 3.41. The standard InChI is InChI=1S/C18H17BrN4O3/c1-26-18(25)15-7-11-2-3-13(19)6-12(11)9-22(15)10-14-8-17(24)23-16(21-14)4-5-20-23/h2-6,8,15,20H,7,9-10H2,1H3. The lowest BCUT2D eigenvalue weighted by atomic mass is 9.94. The second-order valence-corrected chi connectivity index (χ2v) is 7.22. The summed E-state index contributed by atoms with van der Waals surface area (Å²) in [4.78, 5) is 31.0. The fraction of sp³-hybridized carbons (Fsp3) is 0.278.